The van der Waals surface area contributed by atoms with E-state index in [9.17, 15) is 4.79 Å². The Labute approximate surface area is 123 Å². The number of carbonyl (C=O) groups excluding carboxylic acids is 1. The van der Waals surface area contributed by atoms with Crippen LogP contribution in [0.25, 0.3) is 0 Å². The third-order valence-electron chi connectivity index (χ3n) is 5.32. The first-order chi connectivity index (χ1) is 9.41. The summed E-state index contributed by atoms with van der Waals surface area (Å²) in [5, 5.41) is 3.46. The van der Waals surface area contributed by atoms with Gasteiger partial charge in [0.05, 0.1) is 5.54 Å². The number of carbonyl (C=O) groups is 1. The summed E-state index contributed by atoms with van der Waals surface area (Å²) < 4.78 is 0. The van der Waals surface area contributed by atoms with Crippen molar-refractivity contribution in [2.45, 2.75) is 82.8 Å². The van der Waals surface area contributed by atoms with Crippen molar-refractivity contribution in [2.24, 2.45) is 5.73 Å². The SMILES string of the molecule is CCCNC1(C(N)=O)CCCC(N2CCCC2(C)C)C1. The van der Waals surface area contributed by atoms with E-state index in [0.29, 0.717) is 6.04 Å². The van der Waals surface area contributed by atoms with Crippen LogP contribution in [0.15, 0.2) is 0 Å². The van der Waals surface area contributed by atoms with Crippen LogP contribution in [0.5, 0.6) is 0 Å². The van der Waals surface area contributed by atoms with Crippen LogP contribution in [0.3, 0.4) is 0 Å². The van der Waals surface area contributed by atoms with Crippen molar-refractivity contribution in [1.82, 2.24) is 10.2 Å². The van der Waals surface area contributed by atoms with Gasteiger partial charge in [-0.3, -0.25) is 9.69 Å². The molecular weight excluding hydrogens is 250 g/mol. The first kappa shape index (κ1) is 15.8. The molecule has 20 heavy (non-hydrogen) atoms. The molecule has 2 rings (SSSR count). The van der Waals surface area contributed by atoms with Crippen molar-refractivity contribution in [3.05, 3.63) is 0 Å². The smallest absolute Gasteiger partial charge is 0.237 e. The molecule has 1 aliphatic carbocycles. The number of hydrogen-bond donors (Lipinski definition) is 2. The van der Waals surface area contributed by atoms with Gasteiger partial charge in [-0.2, -0.15) is 0 Å². The van der Waals surface area contributed by atoms with Gasteiger partial charge < -0.3 is 11.1 Å². The molecule has 2 unspecified atom stereocenters. The van der Waals surface area contributed by atoms with Crippen LogP contribution in [-0.2, 0) is 4.79 Å². The fraction of sp³-hybridized carbons (Fsp3) is 0.938. The molecule has 0 aromatic heterocycles. The summed E-state index contributed by atoms with van der Waals surface area (Å²) >= 11 is 0. The molecule has 0 radical (unpaired) electrons. The van der Waals surface area contributed by atoms with E-state index >= 15 is 0 Å². The minimum absolute atomic E-state index is 0.160. The van der Waals surface area contributed by atoms with Crippen molar-refractivity contribution in [3.8, 4) is 0 Å². The van der Waals surface area contributed by atoms with Gasteiger partial charge in [0.1, 0.15) is 0 Å². The van der Waals surface area contributed by atoms with Crippen LogP contribution in [0.2, 0.25) is 0 Å². The molecule has 1 heterocycles. The molecule has 0 spiro atoms. The molecule has 1 saturated carbocycles. The number of rotatable bonds is 5. The van der Waals surface area contributed by atoms with E-state index < -0.39 is 5.54 Å². The van der Waals surface area contributed by atoms with Gasteiger partial charge in [-0.1, -0.05) is 6.92 Å². The Balaban J connectivity index is 2.11. The van der Waals surface area contributed by atoms with Gasteiger partial charge in [0.25, 0.3) is 0 Å². The highest BCUT2D eigenvalue weighted by molar-refractivity contribution is 5.84. The molecule has 0 bridgehead atoms. The molecule has 2 atom stereocenters. The van der Waals surface area contributed by atoms with E-state index in [1.165, 1.54) is 25.8 Å². The van der Waals surface area contributed by atoms with Crippen LogP contribution in [0.4, 0.5) is 0 Å². The van der Waals surface area contributed by atoms with E-state index in [1.807, 2.05) is 0 Å². The summed E-state index contributed by atoms with van der Waals surface area (Å²) in [7, 11) is 0. The Bertz CT molecular complexity index is 356. The molecule has 3 N–H and O–H groups in total. The molecule has 4 heteroatoms. The van der Waals surface area contributed by atoms with Gasteiger partial charge >= 0.3 is 0 Å². The highest BCUT2D eigenvalue weighted by Gasteiger charge is 2.46. The number of amides is 1. The van der Waals surface area contributed by atoms with Gasteiger partial charge in [0.2, 0.25) is 5.91 Å². The number of nitrogens with two attached hydrogens (primary N) is 1. The topological polar surface area (TPSA) is 58.4 Å². The zero-order chi connectivity index (χ0) is 14.8. The summed E-state index contributed by atoms with van der Waals surface area (Å²) in [6.45, 7) is 8.84. The highest BCUT2D eigenvalue weighted by atomic mass is 16.1. The number of primary amides is 1. The average Bonchev–Trinajstić information content (AvgIpc) is 2.76. The van der Waals surface area contributed by atoms with E-state index in [4.69, 9.17) is 5.73 Å². The fourth-order valence-corrected chi connectivity index (χ4v) is 4.15. The maximum absolute atomic E-state index is 12.0. The standard InChI is InChI=1S/C16H31N3O/c1-4-10-18-16(14(17)20)9-5-7-13(12-16)19-11-6-8-15(19,2)3/h13,18H,4-12H2,1-3H3,(H2,17,20). The largest absolute Gasteiger partial charge is 0.368 e. The lowest BCUT2D eigenvalue weighted by molar-refractivity contribution is -0.127. The molecule has 1 aliphatic heterocycles. The summed E-state index contributed by atoms with van der Waals surface area (Å²) in [6.07, 6.45) is 7.64. The Morgan fingerprint density at radius 2 is 2.10 bits per heavy atom. The first-order valence-corrected chi connectivity index (χ1v) is 8.23. The molecule has 4 nitrogen and oxygen atoms in total. The van der Waals surface area contributed by atoms with Crippen LogP contribution in [-0.4, -0.2) is 41.0 Å². The zero-order valence-electron chi connectivity index (χ0n) is 13.4. The van der Waals surface area contributed by atoms with Crippen LogP contribution in [0, 0.1) is 0 Å². The lowest BCUT2D eigenvalue weighted by Crippen LogP contribution is -2.62. The summed E-state index contributed by atoms with van der Waals surface area (Å²) in [5.74, 6) is -0.160. The number of hydrogen-bond acceptors (Lipinski definition) is 3. The second kappa shape index (κ2) is 6.02. The van der Waals surface area contributed by atoms with E-state index in [-0.39, 0.29) is 11.4 Å². The molecule has 2 fully saturated rings. The number of nitrogens with zero attached hydrogens (tertiary/aromatic N) is 1. The van der Waals surface area contributed by atoms with Gasteiger partial charge in [0, 0.05) is 11.6 Å². The van der Waals surface area contributed by atoms with Crippen LogP contribution < -0.4 is 11.1 Å². The lowest BCUT2D eigenvalue weighted by atomic mass is 9.77. The highest BCUT2D eigenvalue weighted by Crippen LogP contribution is 2.38. The molecule has 1 saturated heterocycles. The molecule has 0 aromatic carbocycles. The fourth-order valence-electron chi connectivity index (χ4n) is 4.15. The van der Waals surface area contributed by atoms with E-state index in [1.54, 1.807) is 0 Å². The van der Waals surface area contributed by atoms with E-state index in [2.05, 4.69) is 31.0 Å². The minimum atomic E-state index is -0.475. The summed E-state index contributed by atoms with van der Waals surface area (Å²) in [5.41, 5.74) is 5.55. The Morgan fingerprint density at radius 3 is 2.65 bits per heavy atom. The van der Waals surface area contributed by atoms with Crippen molar-refractivity contribution in [2.75, 3.05) is 13.1 Å². The maximum atomic E-state index is 12.0. The quantitative estimate of drug-likeness (QED) is 0.810. The monoisotopic (exact) mass is 281 g/mol. The van der Waals surface area contributed by atoms with Gasteiger partial charge in [0.15, 0.2) is 0 Å². The van der Waals surface area contributed by atoms with Gasteiger partial charge in [-0.05, 0) is 71.9 Å². The Morgan fingerprint density at radius 1 is 1.35 bits per heavy atom. The summed E-state index contributed by atoms with van der Waals surface area (Å²) in [4.78, 5) is 14.7. The van der Waals surface area contributed by atoms with E-state index in [0.717, 1.165) is 32.2 Å². The third-order valence-corrected chi connectivity index (χ3v) is 5.32. The van der Waals surface area contributed by atoms with Crippen molar-refractivity contribution in [3.63, 3.8) is 0 Å². The average molecular weight is 281 g/mol. The molecule has 2 aliphatic rings. The Kier molecular flexibility index (Phi) is 4.75. The van der Waals surface area contributed by atoms with Gasteiger partial charge in [-0.15, -0.1) is 0 Å². The molecule has 0 aromatic rings. The minimum Gasteiger partial charge on any atom is -0.368 e. The second-order valence-corrected chi connectivity index (χ2v) is 7.23. The predicted octanol–water partition coefficient (Wildman–Crippen LogP) is 2.03. The lowest BCUT2D eigenvalue weighted by Gasteiger charge is -2.46. The number of likely N-dealkylation sites (tertiary alicyclic amines) is 1. The number of nitrogens with one attached hydrogen (secondary N) is 1. The zero-order valence-corrected chi connectivity index (χ0v) is 13.4. The second-order valence-electron chi connectivity index (χ2n) is 7.23. The molecule has 116 valence electrons. The van der Waals surface area contributed by atoms with Crippen LogP contribution >= 0.6 is 0 Å². The maximum Gasteiger partial charge on any atom is 0.237 e. The summed E-state index contributed by atoms with van der Waals surface area (Å²) in [6, 6.07) is 0.498. The normalized spacial score (nSPS) is 34.2. The van der Waals surface area contributed by atoms with Crippen molar-refractivity contribution >= 4 is 5.91 Å². The predicted molar refractivity (Wildman–Crippen MR) is 82.5 cm³/mol. The van der Waals surface area contributed by atoms with Crippen LogP contribution in [0.1, 0.15) is 65.7 Å². The van der Waals surface area contributed by atoms with Crippen molar-refractivity contribution in [1.29, 1.82) is 0 Å². The molecular formula is C16H31N3O. The van der Waals surface area contributed by atoms with Crippen molar-refractivity contribution < 1.29 is 4.79 Å². The van der Waals surface area contributed by atoms with Gasteiger partial charge in [-0.25, -0.2) is 0 Å². The molecule has 1 amide bonds. The Hall–Kier alpha value is -0.610. The first-order valence-electron chi connectivity index (χ1n) is 8.23. The third kappa shape index (κ3) is 3.01.